The van der Waals surface area contributed by atoms with Gasteiger partial charge in [-0.25, -0.2) is 0 Å². The Morgan fingerprint density at radius 3 is 3.09 bits per heavy atom. The van der Waals surface area contributed by atoms with E-state index in [4.69, 9.17) is 4.84 Å². The maximum Gasteiger partial charge on any atom is 0.146 e. The first-order valence-electron chi connectivity index (χ1n) is 3.62. The van der Waals surface area contributed by atoms with Crippen LogP contribution in [-0.2, 0) is 9.63 Å². The third-order valence-corrected chi connectivity index (χ3v) is 2.92. The highest BCUT2D eigenvalue weighted by molar-refractivity contribution is 9.18. The van der Waals surface area contributed by atoms with Crippen LogP contribution in [0.1, 0.15) is 13.3 Å². The standard InChI is InChI=1S/C7H8BrNO2/c1-3-2-4(10)5-6(3)11-9-7(5)8/h3,5-6H,2H2,1H3/t3-,5+,6-/m0/s1. The van der Waals surface area contributed by atoms with Gasteiger partial charge in [0, 0.05) is 12.3 Å². The normalized spacial score (nSPS) is 41.8. The van der Waals surface area contributed by atoms with Crippen molar-refractivity contribution in [3.8, 4) is 0 Å². The molecule has 2 aliphatic rings. The predicted molar refractivity (Wildman–Crippen MR) is 43.5 cm³/mol. The van der Waals surface area contributed by atoms with Crippen molar-refractivity contribution in [2.75, 3.05) is 0 Å². The first kappa shape index (κ1) is 7.28. The Labute approximate surface area is 72.9 Å². The van der Waals surface area contributed by atoms with Crippen molar-refractivity contribution < 1.29 is 9.63 Å². The lowest BCUT2D eigenvalue weighted by Crippen LogP contribution is -2.22. The maximum atomic E-state index is 11.3. The third-order valence-electron chi connectivity index (χ3n) is 2.28. The molecule has 0 radical (unpaired) electrons. The molecule has 0 aromatic carbocycles. The minimum Gasteiger partial charge on any atom is -0.390 e. The fourth-order valence-corrected chi connectivity index (χ4v) is 2.27. The SMILES string of the molecule is C[C@H]1CC(=O)[C@H]2C(Br)=NO[C@H]21. The Balaban J connectivity index is 2.28. The van der Waals surface area contributed by atoms with E-state index in [0.29, 0.717) is 17.0 Å². The molecule has 1 aliphatic heterocycles. The molecular formula is C7H8BrNO2. The van der Waals surface area contributed by atoms with Crippen molar-refractivity contribution in [3.63, 3.8) is 0 Å². The van der Waals surface area contributed by atoms with Crippen LogP contribution >= 0.6 is 15.9 Å². The van der Waals surface area contributed by atoms with E-state index in [-0.39, 0.29) is 17.8 Å². The molecule has 1 fully saturated rings. The molecule has 0 aromatic rings. The molecule has 0 aromatic heterocycles. The fraction of sp³-hybridized carbons (Fsp3) is 0.714. The Hall–Kier alpha value is -0.380. The zero-order chi connectivity index (χ0) is 8.01. The lowest BCUT2D eigenvalue weighted by molar-refractivity contribution is -0.119. The quantitative estimate of drug-likeness (QED) is 0.614. The summed E-state index contributed by atoms with van der Waals surface area (Å²) >= 11 is 3.22. The number of rotatable bonds is 0. The number of Topliss-reactive ketones (excluding diaryl/α,β-unsaturated/α-hetero) is 1. The summed E-state index contributed by atoms with van der Waals surface area (Å²) in [6.07, 6.45) is 0.622. The van der Waals surface area contributed by atoms with Gasteiger partial charge in [-0.2, -0.15) is 0 Å². The lowest BCUT2D eigenvalue weighted by atomic mass is 10.0. The van der Waals surface area contributed by atoms with Crippen LogP contribution in [0.2, 0.25) is 0 Å². The second-order valence-corrected chi connectivity index (χ2v) is 3.92. The average molecular weight is 218 g/mol. The van der Waals surface area contributed by atoms with E-state index < -0.39 is 0 Å². The van der Waals surface area contributed by atoms with E-state index in [0.717, 1.165) is 0 Å². The number of carbonyl (C=O) groups excluding carboxylic acids is 1. The van der Waals surface area contributed by atoms with Crippen molar-refractivity contribution in [2.45, 2.75) is 19.4 Å². The van der Waals surface area contributed by atoms with Crippen LogP contribution in [0.3, 0.4) is 0 Å². The van der Waals surface area contributed by atoms with Crippen LogP contribution in [-0.4, -0.2) is 16.5 Å². The summed E-state index contributed by atoms with van der Waals surface area (Å²) in [6.45, 7) is 2.02. The van der Waals surface area contributed by atoms with Gasteiger partial charge in [0.1, 0.15) is 22.4 Å². The van der Waals surface area contributed by atoms with Crippen molar-refractivity contribution in [2.24, 2.45) is 17.0 Å². The number of fused-ring (bicyclic) bond motifs is 1. The molecule has 11 heavy (non-hydrogen) atoms. The van der Waals surface area contributed by atoms with Gasteiger partial charge < -0.3 is 4.84 Å². The third kappa shape index (κ3) is 0.922. The van der Waals surface area contributed by atoms with Crippen molar-refractivity contribution in [1.29, 1.82) is 0 Å². The molecule has 1 saturated carbocycles. The van der Waals surface area contributed by atoms with Crippen LogP contribution in [0, 0.1) is 11.8 Å². The van der Waals surface area contributed by atoms with Crippen molar-refractivity contribution in [1.82, 2.24) is 0 Å². The number of oxime groups is 1. The summed E-state index contributed by atoms with van der Waals surface area (Å²) in [7, 11) is 0. The van der Waals surface area contributed by atoms with Crippen LogP contribution in [0.4, 0.5) is 0 Å². The first-order valence-corrected chi connectivity index (χ1v) is 4.41. The van der Waals surface area contributed by atoms with Gasteiger partial charge in [0.15, 0.2) is 0 Å². The monoisotopic (exact) mass is 217 g/mol. The highest BCUT2D eigenvalue weighted by Gasteiger charge is 2.47. The van der Waals surface area contributed by atoms with Gasteiger partial charge in [-0.15, -0.1) is 0 Å². The lowest BCUT2D eigenvalue weighted by Gasteiger charge is -2.08. The zero-order valence-corrected chi connectivity index (χ0v) is 7.67. The predicted octanol–water partition coefficient (Wildman–Crippen LogP) is 1.32. The van der Waals surface area contributed by atoms with Crippen LogP contribution < -0.4 is 0 Å². The van der Waals surface area contributed by atoms with E-state index >= 15 is 0 Å². The number of carbonyl (C=O) groups is 1. The zero-order valence-electron chi connectivity index (χ0n) is 6.08. The highest BCUT2D eigenvalue weighted by Crippen LogP contribution is 2.37. The number of ketones is 1. The summed E-state index contributed by atoms with van der Waals surface area (Å²) in [5.41, 5.74) is 0. The van der Waals surface area contributed by atoms with Crippen molar-refractivity contribution in [3.05, 3.63) is 0 Å². The topological polar surface area (TPSA) is 38.7 Å². The molecule has 2 rings (SSSR count). The largest absolute Gasteiger partial charge is 0.390 e. The smallest absolute Gasteiger partial charge is 0.146 e. The van der Waals surface area contributed by atoms with Crippen LogP contribution in [0.5, 0.6) is 0 Å². The number of hydrogen-bond donors (Lipinski definition) is 0. The molecule has 0 unspecified atom stereocenters. The maximum absolute atomic E-state index is 11.3. The van der Waals surface area contributed by atoms with Gasteiger partial charge in [0.25, 0.3) is 0 Å². The minimum atomic E-state index is -0.106. The Morgan fingerprint density at radius 1 is 1.73 bits per heavy atom. The Morgan fingerprint density at radius 2 is 2.45 bits per heavy atom. The molecule has 1 aliphatic carbocycles. The van der Waals surface area contributed by atoms with E-state index in [1.54, 1.807) is 0 Å². The molecule has 4 heteroatoms. The summed E-state index contributed by atoms with van der Waals surface area (Å²) in [6, 6.07) is 0. The summed E-state index contributed by atoms with van der Waals surface area (Å²) < 4.78 is 0.664. The average Bonchev–Trinajstić information content (AvgIpc) is 2.41. The van der Waals surface area contributed by atoms with Gasteiger partial charge in [-0.05, 0) is 15.9 Å². The van der Waals surface area contributed by atoms with Crippen LogP contribution in [0.25, 0.3) is 0 Å². The van der Waals surface area contributed by atoms with E-state index in [9.17, 15) is 4.79 Å². The number of hydrogen-bond acceptors (Lipinski definition) is 3. The van der Waals surface area contributed by atoms with Crippen molar-refractivity contribution >= 4 is 26.3 Å². The highest BCUT2D eigenvalue weighted by atomic mass is 79.9. The van der Waals surface area contributed by atoms with Gasteiger partial charge in [0.2, 0.25) is 0 Å². The molecule has 3 atom stereocenters. The molecule has 3 nitrogen and oxygen atoms in total. The second kappa shape index (κ2) is 2.30. The fourth-order valence-electron chi connectivity index (χ4n) is 1.67. The number of halogens is 1. The van der Waals surface area contributed by atoms with Crippen LogP contribution in [0.15, 0.2) is 5.16 Å². The molecule has 60 valence electrons. The molecular weight excluding hydrogens is 210 g/mol. The Bertz CT molecular complexity index is 239. The summed E-state index contributed by atoms with van der Waals surface area (Å²) in [5.74, 6) is 0.451. The molecule has 1 heterocycles. The summed E-state index contributed by atoms with van der Waals surface area (Å²) in [5, 5.41) is 3.73. The van der Waals surface area contributed by atoms with E-state index in [2.05, 4.69) is 21.1 Å². The number of nitrogens with zero attached hydrogens (tertiary/aromatic N) is 1. The Kier molecular flexibility index (Phi) is 1.52. The van der Waals surface area contributed by atoms with Gasteiger partial charge in [-0.1, -0.05) is 12.1 Å². The van der Waals surface area contributed by atoms with Gasteiger partial charge in [-0.3, -0.25) is 4.79 Å². The molecule has 0 N–H and O–H groups in total. The van der Waals surface area contributed by atoms with E-state index in [1.807, 2.05) is 6.92 Å². The second-order valence-electron chi connectivity index (χ2n) is 3.11. The molecule has 0 amide bonds. The van der Waals surface area contributed by atoms with Gasteiger partial charge in [0.05, 0.1) is 0 Å². The summed E-state index contributed by atoms with van der Waals surface area (Å²) in [4.78, 5) is 16.4. The van der Waals surface area contributed by atoms with Gasteiger partial charge >= 0.3 is 0 Å². The van der Waals surface area contributed by atoms with E-state index in [1.165, 1.54) is 0 Å². The molecule has 0 spiro atoms. The molecule has 0 bridgehead atoms. The first-order chi connectivity index (χ1) is 5.20. The minimum absolute atomic E-state index is 0.00289. The molecule has 0 saturated heterocycles.